The van der Waals surface area contributed by atoms with Gasteiger partial charge in [0.1, 0.15) is 11.9 Å². The summed E-state index contributed by atoms with van der Waals surface area (Å²) in [4.78, 5) is 6.86. The van der Waals surface area contributed by atoms with Gasteiger partial charge in [-0.25, -0.2) is 0 Å². The highest BCUT2D eigenvalue weighted by molar-refractivity contribution is 5.78. The Hall–Kier alpha value is -3.58. The van der Waals surface area contributed by atoms with Crippen LogP contribution in [0.5, 0.6) is 0 Å². The predicted octanol–water partition coefficient (Wildman–Crippen LogP) is 5.90. The van der Waals surface area contributed by atoms with Gasteiger partial charge in [-0.05, 0) is 72.3 Å². The number of para-hydroxylation sites is 1. The Labute approximate surface area is 200 Å². The van der Waals surface area contributed by atoms with Crippen LogP contribution in [0.1, 0.15) is 37.2 Å². The Balaban J connectivity index is 1.37. The number of nitriles is 1. The van der Waals surface area contributed by atoms with E-state index in [9.17, 15) is 5.26 Å². The first-order valence-electron chi connectivity index (χ1n) is 12.5. The van der Waals surface area contributed by atoms with Crippen molar-refractivity contribution in [3.63, 3.8) is 0 Å². The van der Waals surface area contributed by atoms with Crippen molar-refractivity contribution in [2.24, 2.45) is 16.8 Å². The van der Waals surface area contributed by atoms with E-state index in [4.69, 9.17) is 4.74 Å². The third-order valence-electron chi connectivity index (χ3n) is 8.17. The molecule has 4 heteroatoms. The van der Waals surface area contributed by atoms with Crippen LogP contribution in [0.2, 0.25) is 0 Å². The van der Waals surface area contributed by atoms with E-state index >= 15 is 0 Å². The van der Waals surface area contributed by atoms with Crippen molar-refractivity contribution in [3.05, 3.63) is 101 Å². The van der Waals surface area contributed by atoms with Crippen LogP contribution in [0.3, 0.4) is 0 Å². The summed E-state index contributed by atoms with van der Waals surface area (Å²) < 4.78 is 6.66. The Bertz CT molecular complexity index is 1310. The Kier molecular flexibility index (Phi) is 4.52. The van der Waals surface area contributed by atoms with Gasteiger partial charge >= 0.3 is 0 Å². The summed E-state index contributed by atoms with van der Waals surface area (Å²) in [6.45, 7) is 0.547. The minimum atomic E-state index is -0.181. The standard InChI is InChI=1S/C30H27N3O/c31-17-19-18-32-16-15-20(19)21-7-1-4-10-25(21)33-26-11-5-2-9-24(26)29-27(33)14-13-23-22-8-3-6-12-28(22)34-30(23)29/h2,4-6,9-16,19,22,27-29H,1,3,7-8,18H2. The molecular weight excluding hydrogens is 418 g/mol. The van der Waals surface area contributed by atoms with Gasteiger partial charge < -0.3 is 9.64 Å². The SMILES string of the molecule is N#CC1CN=CC=C1C1=C(N2c3ccccc3C3C4=C(C=CC32)C2CCC=CC2O4)C=CCC1. The Morgan fingerprint density at radius 3 is 2.97 bits per heavy atom. The lowest BCUT2D eigenvalue weighted by molar-refractivity contribution is 0.133. The van der Waals surface area contributed by atoms with Crippen molar-refractivity contribution in [1.82, 2.24) is 0 Å². The van der Waals surface area contributed by atoms with Gasteiger partial charge in [-0.15, -0.1) is 0 Å². The fourth-order valence-electron chi connectivity index (χ4n) is 6.67. The molecule has 0 spiro atoms. The molecule has 0 amide bonds. The molecule has 5 unspecified atom stereocenters. The molecule has 0 saturated carbocycles. The number of hydrogen-bond donors (Lipinski definition) is 0. The maximum absolute atomic E-state index is 9.83. The maximum atomic E-state index is 9.83. The molecule has 0 aromatic heterocycles. The number of aliphatic imine (C=N–C) groups is 1. The highest BCUT2D eigenvalue weighted by Crippen LogP contribution is 2.55. The molecule has 168 valence electrons. The molecule has 3 aliphatic heterocycles. The molecular formula is C30H27N3O. The highest BCUT2D eigenvalue weighted by atomic mass is 16.5. The van der Waals surface area contributed by atoms with Gasteiger partial charge in [0.2, 0.25) is 0 Å². The second kappa shape index (κ2) is 7.74. The van der Waals surface area contributed by atoms with Gasteiger partial charge in [-0.2, -0.15) is 5.26 Å². The number of fused-ring (bicyclic) bond motifs is 6. The minimum Gasteiger partial charge on any atom is -0.489 e. The van der Waals surface area contributed by atoms with Crippen molar-refractivity contribution >= 4 is 11.9 Å². The van der Waals surface area contributed by atoms with Crippen molar-refractivity contribution in [2.75, 3.05) is 11.4 Å². The van der Waals surface area contributed by atoms with E-state index in [0.717, 1.165) is 31.3 Å². The number of allylic oxidation sites excluding steroid dienone is 6. The average molecular weight is 446 g/mol. The second-order valence-electron chi connectivity index (χ2n) is 9.89. The number of nitrogens with zero attached hydrogens (tertiary/aromatic N) is 3. The fourth-order valence-corrected chi connectivity index (χ4v) is 6.67. The molecule has 0 radical (unpaired) electrons. The first kappa shape index (κ1) is 19.9. The third-order valence-corrected chi connectivity index (χ3v) is 8.17. The smallest absolute Gasteiger partial charge is 0.123 e. The zero-order chi connectivity index (χ0) is 22.6. The largest absolute Gasteiger partial charge is 0.489 e. The van der Waals surface area contributed by atoms with Crippen LogP contribution >= 0.6 is 0 Å². The fraction of sp³-hybridized carbons (Fsp3) is 0.333. The third kappa shape index (κ3) is 2.80. The number of benzene rings is 1. The molecule has 1 aromatic carbocycles. The average Bonchev–Trinajstić information content (AvgIpc) is 3.44. The van der Waals surface area contributed by atoms with E-state index in [1.54, 1.807) is 0 Å². The number of dihydropyridines is 1. The molecule has 0 saturated heterocycles. The van der Waals surface area contributed by atoms with Crippen molar-refractivity contribution in [2.45, 2.75) is 43.7 Å². The van der Waals surface area contributed by atoms with Gasteiger partial charge in [0, 0.05) is 23.5 Å². The molecule has 3 heterocycles. The monoisotopic (exact) mass is 445 g/mol. The van der Waals surface area contributed by atoms with E-state index in [-0.39, 0.29) is 24.0 Å². The van der Waals surface area contributed by atoms with Crippen LogP contribution in [0.4, 0.5) is 5.69 Å². The number of ether oxygens (including phenoxy) is 1. The lowest BCUT2D eigenvalue weighted by Crippen LogP contribution is -2.35. The Morgan fingerprint density at radius 2 is 2.03 bits per heavy atom. The van der Waals surface area contributed by atoms with Crippen LogP contribution in [0, 0.1) is 23.2 Å². The summed E-state index contributed by atoms with van der Waals surface area (Å²) in [6, 6.07) is 11.5. The van der Waals surface area contributed by atoms with Crippen LogP contribution in [0.15, 0.2) is 100.0 Å². The Morgan fingerprint density at radius 1 is 1.09 bits per heavy atom. The number of rotatable bonds is 2. The summed E-state index contributed by atoms with van der Waals surface area (Å²) in [5.74, 6) is 1.67. The van der Waals surface area contributed by atoms with Crippen molar-refractivity contribution in [3.8, 4) is 6.07 Å². The lowest BCUT2D eigenvalue weighted by Gasteiger charge is -2.35. The van der Waals surface area contributed by atoms with Crippen LogP contribution in [-0.2, 0) is 4.74 Å². The van der Waals surface area contributed by atoms with Gasteiger partial charge in [-0.3, -0.25) is 4.99 Å². The van der Waals surface area contributed by atoms with E-state index in [0.29, 0.717) is 12.5 Å². The molecule has 0 N–H and O–H groups in total. The summed E-state index contributed by atoms with van der Waals surface area (Å²) in [5.41, 5.74) is 7.63. The summed E-state index contributed by atoms with van der Waals surface area (Å²) in [6.07, 6.45) is 22.2. The molecule has 7 rings (SSSR count). The van der Waals surface area contributed by atoms with E-state index < -0.39 is 0 Å². The number of hydrogen-bond acceptors (Lipinski definition) is 4. The van der Waals surface area contributed by atoms with E-state index in [2.05, 4.69) is 82.8 Å². The maximum Gasteiger partial charge on any atom is 0.123 e. The molecule has 3 aliphatic carbocycles. The highest BCUT2D eigenvalue weighted by Gasteiger charge is 2.49. The predicted molar refractivity (Wildman–Crippen MR) is 134 cm³/mol. The van der Waals surface area contributed by atoms with Gasteiger partial charge in [0.25, 0.3) is 0 Å². The van der Waals surface area contributed by atoms with Crippen LogP contribution < -0.4 is 4.90 Å². The molecule has 34 heavy (non-hydrogen) atoms. The van der Waals surface area contributed by atoms with Gasteiger partial charge in [-0.1, -0.05) is 42.5 Å². The molecule has 4 nitrogen and oxygen atoms in total. The van der Waals surface area contributed by atoms with Crippen LogP contribution in [0.25, 0.3) is 0 Å². The van der Waals surface area contributed by atoms with Gasteiger partial charge in [0.15, 0.2) is 0 Å². The zero-order valence-corrected chi connectivity index (χ0v) is 19.1. The quantitative estimate of drug-likeness (QED) is 0.532. The van der Waals surface area contributed by atoms with Crippen LogP contribution in [-0.4, -0.2) is 24.9 Å². The van der Waals surface area contributed by atoms with Crippen molar-refractivity contribution in [1.29, 1.82) is 5.26 Å². The topological polar surface area (TPSA) is 48.6 Å². The summed E-state index contributed by atoms with van der Waals surface area (Å²) in [5, 5.41) is 9.83. The molecule has 0 bridgehead atoms. The lowest BCUT2D eigenvalue weighted by atomic mass is 9.80. The minimum absolute atomic E-state index is 0.173. The second-order valence-corrected chi connectivity index (χ2v) is 9.89. The molecule has 0 fully saturated rings. The molecule has 1 aromatic rings. The molecule has 5 atom stereocenters. The number of anilines is 1. The van der Waals surface area contributed by atoms with Crippen molar-refractivity contribution < 1.29 is 4.74 Å². The summed E-state index contributed by atoms with van der Waals surface area (Å²) in [7, 11) is 0. The van der Waals surface area contributed by atoms with E-state index in [1.807, 2.05) is 6.21 Å². The summed E-state index contributed by atoms with van der Waals surface area (Å²) >= 11 is 0. The first-order chi connectivity index (χ1) is 16.8. The first-order valence-corrected chi connectivity index (χ1v) is 12.5. The molecule has 6 aliphatic rings. The normalized spacial score (nSPS) is 32.6. The van der Waals surface area contributed by atoms with E-state index in [1.165, 1.54) is 33.9 Å². The van der Waals surface area contributed by atoms with Gasteiger partial charge in [0.05, 0.1) is 30.5 Å². The zero-order valence-electron chi connectivity index (χ0n) is 19.1.